The van der Waals surface area contributed by atoms with Crippen LogP contribution in [-0.2, 0) is 4.79 Å². The largest absolute Gasteiger partial charge is 0.359 e. The monoisotopic (exact) mass is 290 g/mol. The van der Waals surface area contributed by atoms with E-state index in [4.69, 9.17) is 0 Å². The minimum Gasteiger partial charge on any atom is -0.359 e. The Morgan fingerprint density at radius 1 is 1.47 bits per heavy atom. The van der Waals surface area contributed by atoms with Gasteiger partial charge in [0.1, 0.15) is 0 Å². The standard InChI is InChI=1S/C13H11BrN2O/c14-8-1-2-9-10(3-8)15-6-11(9)16-12(17)13-4-7(13)5-13/h1-3,6-7,15H,4-5H2,(H,16,17). The summed E-state index contributed by atoms with van der Waals surface area (Å²) in [4.78, 5) is 15.2. The van der Waals surface area contributed by atoms with E-state index >= 15 is 0 Å². The van der Waals surface area contributed by atoms with Crippen molar-refractivity contribution in [3.63, 3.8) is 0 Å². The van der Waals surface area contributed by atoms with E-state index in [9.17, 15) is 4.79 Å². The van der Waals surface area contributed by atoms with E-state index in [1.807, 2.05) is 24.4 Å². The van der Waals surface area contributed by atoms with Gasteiger partial charge >= 0.3 is 0 Å². The Balaban J connectivity index is 1.69. The predicted molar refractivity (Wildman–Crippen MR) is 69.8 cm³/mol. The highest BCUT2D eigenvalue weighted by atomic mass is 79.9. The summed E-state index contributed by atoms with van der Waals surface area (Å²) >= 11 is 3.43. The molecule has 2 aromatic rings. The summed E-state index contributed by atoms with van der Waals surface area (Å²) in [6.07, 6.45) is 4.05. The molecular weight excluding hydrogens is 280 g/mol. The lowest BCUT2D eigenvalue weighted by Crippen LogP contribution is -2.17. The van der Waals surface area contributed by atoms with Crippen LogP contribution in [-0.4, -0.2) is 10.9 Å². The SMILES string of the molecule is O=C(Nc1c[nH]c2cc(Br)ccc12)C12CC1C2. The van der Waals surface area contributed by atoms with Crippen LogP contribution in [0.15, 0.2) is 28.9 Å². The number of aromatic amines is 1. The van der Waals surface area contributed by atoms with E-state index in [-0.39, 0.29) is 11.3 Å². The Morgan fingerprint density at radius 3 is 2.94 bits per heavy atom. The van der Waals surface area contributed by atoms with Gasteiger partial charge in [-0.05, 0) is 37.0 Å². The zero-order chi connectivity index (χ0) is 11.6. The lowest BCUT2D eigenvalue weighted by molar-refractivity contribution is -0.119. The summed E-state index contributed by atoms with van der Waals surface area (Å²) in [7, 11) is 0. The van der Waals surface area contributed by atoms with Crippen LogP contribution in [0.3, 0.4) is 0 Å². The number of hydrogen-bond donors (Lipinski definition) is 2. The van der Waals surface area contributed by atoms with Crippen molar-refractivity contribution >= 4 is 38.4 Å². The molecule has 2 aliphatic rings. The second-order valence-corrected chi connectivity index (χ2v) is 6.02. The van der Waals surface area contributed by atoms with Crippen LogP contribution in [0.5, 0.6) is 0 Å². The molecule has 17 heavy (non-hydrogen) atoms. The van der Waals surface area contributed by atoms with Crippen LogP contribution in [0.25, 0.3) is 10.9 Å². The van der Waals surface area contributed by atoms with Gasteiger partial charge in [-0.2, -0.15) is 0 Å². The van der Waals surface area contributed by atoms with Crippen LogP contribution < -0.4 is 5.32 Å². The summed E-state index contributed by atoms with van der Waals surface area (Å²) in [6, 6.07) is 6.02. The van der Waals surface area contributed by atoms with Gasteiger partial charge in [0.15, 0.2) is 0 Å². The Kier molecular flexibility index (Phi) is 1.67. The first-order valence-corrected chi connectivity index (χ1v) is 6.56. The van der Waals surface area contributed by atoms with Crippen molar-refractivity contribution < 1.29 is 4.79 Å². The van der Waals surface area contributed by atoms with Crippen molar-refractivity contribution in [3.8, 4) is 0 Å². The first-order chi connectivity index (χ1) is 8.19. The molecule has 2 fully saturated rings. The molecule has 2 N–H and O–H groups in total. The molecule has 0 bridgehead atoms. The van der Waals surface area contributed by atoms with Crippen molar-refractivity contribution in [2.75, 3.05) is 5.32 Å². The maximum absolute atomic E-state index is 12.0. The number of aromatic nitrogens is 1. The minimum atomic E-state index is 0.0267. The number of hydrogen-bond acceptors (Lipinski definition) is 1. The van der Waals surface area contributed by atoms with Gasteiger partial charge in [0.05, 0.1) is 11.1 Å². The third kappa shape index (κ3) is 1.30. The van der Waals surface area contributed by atoms with Crippen LogP contribution in [0.4, 0.5) is 5.69 Å². The van der Waals surface area contributed by atoms with Crippen LogP contribution in [0.1, 0.15) is 12.8 Å². The molecule has 4 rings (SSSR count). The van der Waals surface area contributed by atoms with Gasteiger partial charge in [0, 0.05) is 21.6 Å². The van der Waals surface area contributed by atoms with Crippen LogP contribution in [0.2, 0.25) is 0 Å². The van der Waals surface area contributed by atoms with Gasteiger partial charge in [-0.3, -0.25) is 4.79 Å². The molecular formula is C13H11BrN2O. The van der Waals surface area contributed by atoms with Crippen LogP contribution in [0, 0.1) is 11.3 Å². The lowest BCUT2D eigenvalue weighted by atomic mass is 10.2. The van der Waals surface area contributed by atoms with Gasteiger partial charge < -0.3 is 10.3 Å². The number of anilines is 1. The Labute approximate surface area is 107 Å². The molecule has 86 valence electrons. The van der Waals surface area contributed by atoms with Gasteiger partial charge in [0.25, 0.3) is 0 Å². The summed E-state index contributed by atoms with van der Waals surface area (Å²) in [5, 5.41) is 4.11. The predicted octanol–water partition coefficient (Wildman–Crippen LogP) is 3.28. The Morgan fingerprint density at radius 2 is 2.24 bits per heavy atom. The molecule has 2 saturated carbocycles. The fraction of sp³-hybridized carbons (Fsp3) is 0.308. The molecule has 0 spiro atoms. The van der Waals surface area contributed by atoms with E-state index in [0.29, 0.717) is 5.92 Å². The molecule has 3 nitrogen and oxygen atoms in total. The molecule has 1 heterocycles. The molecule has 1 aromatic carbocycles. The van der Waals surface area contributed by atoms with Crippen LogP contribution >= 0.6 is 15.9 Å². The Bertz CT molecular complexity index is 640. The number of fused-ring (bicyclic) bond motifs is 2. The fourth-order valence-corrected chi connectivity index (χ4v) is 2.88. The Hall–Kier alpha value is -1.29. The highest BCUT2D eigenvalue weighted by Crippen LogP contribution is 2.75. The summed E-state index contributed by atoms with van der Waals surface area (Å²) in [5.41, 5.74) is 1.96. The molecule has 0 unspecified atom stereocenters. The number of benzene rings is 1. The quantitative estimate of drug-likeness (QED) is 0.876. The number of amides is 1. The smallest absolute Gasteiger partial charge is 0.230 e. The average molecular weight is 291 g/mol. The first kappa shape index (κ1) is 9.71. The van der Waals surface area contributed by atoms with Crippen molar-refractivity contribution in [2.24, 2.45) is 11.3 Å². The topological polar surface area (TPSA) is 44.9 Å². The number of nitrogens with one attached hydrogen (secondary N) is 2. The number of H-pyrrole nitrogens is 1. The normalized spacial score (nSPS) is 28.9. The van der Waals surface area contributed by atoms with Gasteiger partial charge in [0.2, 0.25) is 5.91 Å². The van der Waals surface area contributed by atoms with Crippen molar-refractivity contribution in [1.29, 1.82) is 0 Å². The van der Waals surface area contributed by atoms with E-state index in [1.54, 1.807) is 0 Å². The summed E-state index contributed by atoms with van der Waals surface area (Å²) < 4.78 is 1.03. The van der Waals surface area contributed by atoms with Gasteiger partial charge in [-0.25, -0.2) is 0 Å². The second-order valence-electron chi connectivity index (χ2n) is 5.11. The van der Waals surface area contributed by atoms with Crippen molar-refractivity contribution in [3.05, 3.63) is 28.9 Å². The molecule has 0 saturated heterocycles. The highest BCUT2D eigenvalue weighted by molar-refractivity contribution is 9.10. The average Bonchev–Trinajstić information content (AvgIpc) is 3.10. The summed E-state index contributed by atoms with van der Waals surface area (Å²) in [6.45, 7) is 0. The number of carbonyl (C=O) groups excluding carboxylic acids is 1. The lowest BCUT2D eigenvalue weighted by Gasteiger charge is -2.05. The number of halogens is 1. The molecule has 0 aliphatic heterocycles. The second kappa shape index (κ2) is 2.93. The van der Waals surface area contributed by atoms with Crippen molar-refractivity contribution in [2.45, 2.75) is 12.8 Å². The third-order valence-corrected chi connectivity index (χ3v) is 4.52. The van der Waals surface area contributed by atoms with Gasteiger partial charge in [-0.15, -0.1) is 0 Å². The minimum absolute atomic E-state index is 0.0267. The van der Waals surface area contributed by atoms with E-state index < -0.39 is 0 Å². The molecule has 2 aliphatic carbocycles. The molecule has 1 aromatic heterocycles. The first-order valence-electron chi connectivity index (χ1n) is 5.77. The van der Waals surface area contributed by atoms with E-state index in [1.165, 1.54) is 0 Å². The molecule has 0 atom stereocenters. The summed E-state index contributed by atoms with van der Waals surface area (Å²) in [5.74, 6) is 0.883. The fourth-order valence-electron chi connectivity index (χ4n) is 2.52. The highest BCUT2D eigenvalue weighted by Gasteiger charge is 2.74. The molecule has 0 radical (unpaired) electrons. The zero-order valence-electron chi connectivity index (χ0n) is 9.09. The van der Waals surface area contributed by atoms with E-state index in [0.717, 1.165) is 33.9 Å². The molecule has 1 amide bonds. The maximum atomic E-state index is 12.0. The van der Waals surface area contributed by atoms with Crippen molar-refractivity contribution in [1.82, 2.24) is 4.98 Å². The number of carbonyl (C=O) groups is 1. The third-order valence-electron chi connectivity index (χ3n) is 4.03. The van der Waals surface area contributed by atoms with E-state index in [2.05, 4.69) is 26.2 Å². The zero-order valence-corrected chi connectivity index (χ0v) is 10.7. The maximum Gasteiger partial charge on any atom is 0.230 e. The molecule has 4 heteroatoms. The number of rotatable bonds is 2. The van der Waals surface area contributed by atoms with Gasteiger partial charge in [-0.1, -0.05) is 15.9 Å².